The Labute approximate surface area is 146 Å². The summed E-state index contributed by atoms with van der Waals surface area (Å²) in [6.45, 7) is 3.72. The van der Waals surface area contributed by atoms with E-state index in [1.165, 1.54) is 37.7 Å². The van der Waals surface area contributed by atoms with Gasteiger partial charge in [-0.15, -0.1) is 0 Å². The second-order valence-corrected chi connectivity index (χ2v) is 5.98. The number of hydrogen-bond acceptors (Lipinski definition) is 2. The van der Waals surface area contributed by atoms with Gasteiger partial charge < -0.3 is 16.4 Å². The van der Waals surface area contributed by atoms with Gasteiger partial charge in [-0.25, -0.2) is 4.99 Å². The fourth-order valence-electron chi connectivity index (χ4n) is 2.38. The molecular weight excluding hydrogens is 300 g/mol. The lowest BCUT2D eigenvalue weighted by Crippen LogP contribution is -2.34. The molecule has 0 aliphatic rings. The van der Waals surface area contributed by atoms with Crippen molar-refractivity contribution in [3.05, 3.63) is 35.9 Å². The number of hydrogen-bond donors (Lipinski definition) is 3. The van der Waals surface area contributed by atoms with Gasteiger partial charge in [0.05, 0.1) is 0 Å². The number of nitrogens with zero attached hydrogens (tertiary/aromatic N) is 1. The summed E-state index contributed by atoms with van der Waals surface area (Å²) in [4.78, 5) is 15.8. The smallest absolute Gasteiger partial charge is 0.241 e. The predicted molar refractivity (Wildman–Crippen MR) is 101 cm³/mol. The van der Waals surface area contributed by atoms with E-state index in [1.54, 1.807) is 0 Å². The van der Waals surface area contributed by atoms with Crippen molar-refractivity contribution in [1.29, 1.82) is 0 Å². The number of benzene rings is 1. The van der Waals surface area contributed by atoms with Crippen molar-refractivity contribution < 1.29 is 4.79 Å². The number of amides is 1. The van der Waals surface area contributed by atoms with Crippen LogP contribution in [0.4, 0.5) is 0 Å². The topological polar surface area (TPSA) is 79.5 Å². The van der Waals surface area contributed by atoms with E-state index in [-0.39, 0.29) is 12.5 Å². The van der Waals surface area contributed by atoms with E-state index < -0.39 is 0 Å². The number of rotatable bonds is 12. The molecule has 1 aromatic carbocycles. The number of guanidine groups is 1. The third-order valence-corrected chi connectivity index (χ3v) is 3.81. The van der Waals surface area contributed by atoms with Crippen molar-refractivity contribution in [2.24, 2.45) is 10.7 Å². The molecule has 0 aliphatic carbocycles. The second kappa shape index (κ2) is 13.4. The maximum Gasteiger partial charge on any atom is 0.241 e. The average molecular weight is 332 g/mol. The molecule has 0 heterocycles. The molecule has 24 heavy (non-hydrogen) atoms. The van der Waals surface area contributed by atoms with Gasteiger partial charge in [0.2, 0.25) is 5.91 Å². The minimum atomic E-state index is -0.102. The normalized spacial score (nSPS) is 11.3. The van der Waals surface area contributed by atoms with Crippen molar-refractivity contribution in [3.8, 4) is 0 Å². The molecule has 0 fully saturated rings. The number of carbonyl (C=O) groups is 1. The molecule has 4 N–H and O–H groups in total. The largest absolute Gasteiger partial charge is 0.370 e. The van der Waals surface area contributed by atoms with Gasteiger partial charge >= 0.3 is 0 Å². The molecular formula is C19H32N4O. The van der Waals surface area contributed by atoms with Crippen LogP contribution in [-0.2, 0) is 11.2 Å². The van der Waals surface area contributed by atoms with Gasteiger partial charge in [-0.05, 0) is 18.4 Å². The van der Waals surface area contributed by atoms with Crippen LogP contribution in [0.5, 0.6) is 0 Å². The zero-order valence-electron chi connectivity index (χ0n) is 14.9. The maximum atomic E-state index is 11.7. The third-order valence-electron chi connectivity index (χ3n) is 3.81. The minimum absolute atomic E-state index is 0.0735. The van der Waals surface area contributed by atoms with Gasteiger partial charge in [0.15, 0.2) is 5.96 Å². The van der Waals surface area contributed by atoms with Crippen LogP contribution in [-0.4, -0.2) is 31.5 Å². The maximum absolute atomic E-state index is 11.7. The lowest BCUT2D eigenvalue weighted by Gasteiger charge is -2.06. The molecule has 1 aromatic rings. The van der Waals surface area contributed by atoms with Gasteiger partial charge in [0.25, 0.3) is 0 Å². The van der Waals surface area contributed by atoms with Crippen LogP contribution in [0.1, 0.15) is 51.0 Å². The van der Waals surface area contributed by atoms with E-state index in [9.17, 15) is 4.79 Å². The van der Waals surface area contributed by atoms with Crippen LogP contribution in [0.3, 0.4) is 0 Å². The first kappa shape index (κ1) is 20.0. The fourth-order valence-corrected chi connectivity index (χ4v) is 2.38. The first-order valence-electron chi connectivity index (χ1n) is 9.06. The lowest BCUT2D eigenvalue weighted by atomic mass is 10.1. The van der Waals surface area contributed by atoms with E-state index in [4.69, 9.17) is 5.73 Å². The van der Waals surface area contributed by atoms with E-state index >= 15 is 0 Å². The molecule has 0 atom stereocenters. The van der Waals surface area contributed by atoms with Crippen molar-refractivity contribution in [1.82, 2.24) is 10.6 Å². The van der Waals surface area contributed by atoms with Crippen LogP contribution in [0.25, 0.3) is 0 Å². The first-order valence-corrected chi connectivity index (χ1v) is 9.06. The Morgan fingerprint density at radius 3 is 2.46 bits per heavy atom. The minimum Gasteiger partial charge on any atom is -0.370 e. The van der Waals surface area contributed by atoms with Gasteiger partial charge in [0.1, 0.15) is 6.54 Å². The van der Waals surface area contributed by atoms with Gasteiger partial charge in [-0.3, -0.25) is 4.79 Å². The standard InChI is InChI=1S/C19H32N4O/c1-2-3-4-5-6-10-14-22-19(20)23-16-18(24)21-15-13-17-11-8-7-9-12-17/h7-9,11-12H,2-6,10,13-16H2,1H3,(H,21,24)(H3,20,22,23). The molecule has 1 rings (SSSR count). The van der Waals surface area contributed by atoms with Crippen LogP contribution >= 0.6 is 0 Å². The molecule has 0 spiro atoms. The number of carbonyl (C=O) groups excluding carboxylic acids is 1. The molecule has 134 valence electrons. The molecule has 5 heteroatoms. The molecule has 0 radical (unpaired) electrons. The van der Waals surface area contributed by atoms with Crippen LogP contribution in [0.15, 0.2) is 35.3 Å². The Morgan fingerprint density at radius 2 is 1.71 bits per heavy atom. The number of nitrogens with one attached hydrogen (secondary N) is 2. The second-order valence-electron chi connectivity index (χ2n) is 5.98. The summed E-state index contributed by atoms with van der Waals surface area (Å²) in [7, 11) is 0. The Kier molecular flexibility index (Phi) is 11.2. The fraction of sp³-hybridized carbons (Fsp3) is 0.579. The summed E-state index contributed by atoms with van der Waals surface area (Å²) in [5.74, 6) is 0.247. The Balaban J connectivity index is 2.03. The monoisotopic (exact) mass is 332 g/mol. The SMILES string of the molecule is CCCCCCCCNC(N)=NCC(=O)NCCc1ccccc1. The first-order chi connectivity index (χ1) is 11.7. The highest BCUT2D eigenvalue weighted by Gasteiger charge is 2.00. The van der Waals surface area contributed by atoms with Crippen molar-refractivity contribution >= 4 is 11.9 Å². The number of nitrogens with two attached hydrogens (primary N) is 1. The van der Waals surface area contributed by atoms with E-state index in [0.29, 0.717) is 12.5 Å². The van der Waals surface area contributed by atoms with E-state index in [1.807, 2.05) is 18.2 Å². The highest BCUT2D eigenvalue weighted by atomic mass is 16.1. The van der Waals surface area contributed by atoms with Crippen molar-refractivity contribution in [2.45, 2.75) is 51.9 Å². The van der Waals surface area contributed by atoms with Gasteiger partial charge in [-0.2, -0.15) is 0 Å². The quantitative estimate of drug-likeness (QED) is 0.313. The number of unbranched alkanes of at least 4 members (excludes halogenated alkanes) is 5. The lowest BCUT2D eigenvalue weighted by molar-refractivity contribution is -0.119. The summed E-state index contributed by atoms with van der Waals surface area (Å²) in [5, 5.41) is 5.91. The summed E-state index contributed by atoms with van der Waals surface area (Å²) in [6, 6.07) is 10.1. The molecule has 0 bridgehead atoms. The van der Waals surface area contributed by atoms with Gasteiger partial charge in [-0.1, -0.05) is 69.4 Å². The average Bonchev–Trinajstić information content (AvgIpc) is 2.60. The molecule has 5 nitrogen and oxygen atoms in total. The van der Waals surface area contributed by atoms with Crippen LogP contribution in [0, 0.1) is 0 Å². The molecule has 0 saturated carbocycles. The zero-order valence-corrected chi connectivity index (χ0v) is 14.9. The molecule has 0 saturated heterocycles. The molecule has 0 unspecified atom stereocenters. The van der Waals surface area contributed by atoms with Crippen LogP contribution in [0.2, 0.25) is 0 Å². The van der Waals surface area contributed by atoms with E-state index in [0.717, 1.165) is 19.4 Å². The highest BCUT2D eigenvalue weighted by Crippen LogP contribution is 2.03. The molecule has 0 aliphatic heterocycles. The van der Waals surface area contributed by atoms with E-state index in [2.05, 4.69) is 34.7 Å². The predicted octanol–water partition coefficient (Wildman–Crippen LogP) is 2.61. The summed E-state index contributed by atoms with van der Waals surface area (Å²) in [6.07, 6.45) is 8.28. The highest BCUT2D eigenvalue weighted by molar-refractivity contribution is 5.83. The van der Waals surface area contributed by atoms with Crippen molar-refractivity contribution in [2.75, 3.05) is 19.6 Å². The molecule has 1 amide bonds. The van der Waals surface area contributed by atoms with Crippen LogP contribution < -0.4 is 16.4 Å². The Morgan fingerprint density at radius 1 is 1.00 bits per heavy atom. The molecule has 0 aromatic heterocycles. The van der Waals surface area contributed by atoms with Crippen molar-refractivity contribution in [3.63, 3.8) is 0 Å². The zero-order chi connectivity index (χ0) is 17.5. The summed E-state index contributed by atoms with van der Waals surface area (Å²) >= 11 is 0. The summed E-state index contributed by atoms with van der Waals surface area (Å²) in [5.41, 5.74) is 6.97. The Bertz CT molecular complexity index is 474. The third kappa shape index (κ3) is 10.6. The van der Waals surface area contributed by atoms with Gasteiger partial charge in [0, 0.05) is 13.1 Å². The summed E-state index contributed by atoms with van der Waals surface area (Å²) < 4.78 is 0. The number of aliphatic imine (C=N–C) groups is 1. The Hall–Kier alpha value is -2.04.